The number of hydrogen-bond donors (Lipinski definition) is 2. The molecule has 0 bridgehead atoms. The number of benzene rings is 1. The largest absolute Gasteiger partial charge is 0.242 e. The van der Waals surface area contributed by atoms with E-state index in [1.807, 2.05) is 13.8 Å². The maximum atomic E-state index is 12.3. The molecule has 0 amide bonds. The second kappa shape index (κ2) is 6.87. The Hall–Kier alpha value is -0.960. The summed E-state index contributed by atoms with van der Waals surface area (Å²) in [7, 11) is -8.04. The molecule has 2 unspecified atom stereocenters. The highest BCUT2D eigenvalue weighted by atomic mass is 32.2. The summed E-state index contributed by atoms with van der Waals surface area (Å²) in [6.07, 6.45) is 1.62. The zero-order chi connectivity index (χ0) is 16.3. The molecule has 0 aliphatic heterocycles. The molecule has 2 atom stereocenters. The lowest BCUT2D eigenvalue weighted by Crippen LogP contribution is -2.34. The van der Waals surface area contributed by atoms with Gasteiger partial charge in [0.15, 0.2) is 0 Å². The molecule has 3 N–H and O–H groups in total. The molecular weight excluding hydrogens is 312 g/mol. The molecule has 0 aromatic heterocycles. The number of nitrogens with two attached hydrogens (primary N) is 1. The van der Waals surface area contributed by atoms with Crippen LogP contribution in [0.3, 0.4) is 0 Å². The number of rotatable bonds is 7. The van der Waals surface area contributed by atoms with Gasteiger partial charge in [-0.3, -0.25) is 0 Å². The van der Waals surface area contributed by atoms with Gasteiger partial charge < -0.3 is 0 Å². The van der Waals surface area contributed by atoms with E-state index in [-0.39, 0.29) is 10.9 Å². The van der Waals surface area contributed by atoms with Crippen LogP contribution in [0.25, 0.3) is 0 Å². The standard InChI is InChI=1S/C13H22N2O4S2/c1-4-10(2)9-11(3)15-21(18,19)13-8-6-5-7-12(13)20(14,16)17/h5-8,10-11,15H,4,9H2,1-3H3,(H2,14,16,17). The van der Waals surface area contributed by atoms with Crippen LogP contribution in [0.4, 0.5) is 0 Å². The molecule has 0 saturated carbocycles. The van der Waals surface area contributed by atoms with Crippen LogP contribution in [-0.2, 0) is 20.0 Å². The topological polar surface area (TPSA) is 106 Å². The molecular formula is C13H22N2O4S2. The highest BCUT2D eigenvalue weighted by molar-refractivity contribution is 7.92. The molecule has 1 aromatic carbocycles. The summed E-state index contributed by atoms with van der Waals surface area (Å²) in [4.78, 5) is -0.711. The van der Waals surface area contributed by atoms with Gasteiger partial charge in [0.1, 0.15) is 9.79 Å². The van der Waals surface area contributed by atoms with E-state index in [1.54, 1.807) is 6.92 Å². The minimum absolute atomic E-state index is 0.293. The monoisotopic (exact) mass is 334 g/mol. The first-order chi connectivity index (χ1) is 9.58. The SMILES string of the molecule is CCC(C)CC(C)NS(=O)(=O)c1ccccc1S(N)(=O)=O. The Kier molecular flexibility index (Phi) is 5.92. The van der Waals surface area contributed by atoms with Crippen molar-refractivity contribution >= 4 is 20.0 Å². The van der Waals surface area contributed by atoms with Crippen LogP contribution >= 0.6 is 0 Å². The molecule has 0 spiro atoms. The smallest absolute Gasteiger partial charge is 0.225 e. The van der Waals surface area contributed by atoms with Crippen molar-refractivity contribution in [1.82, 2.24) is 4.72 Å². The molecule has 0 aliphatic rings. The predicted molar refractivity (Wildman–Crippen MR) is 81.7 cm³/mol. The van der Waals surface area contributed by atoms with Crippen LogP contribution in [0, 0.1) is 5.92 Å². The number of sulfonamides is 2. The van der Waals surface area contributed by atoms with Crippen molar-refractivity contribution < 1.29 is 16.8 Å². The molecule has 1 rings (SSSR count). The van der Waals surface area contributed by atoms with Gasteiger partial charge >= 0.3 is 0 Å². The van der Waals surface area contributed by atoms with E-state index in [0.29, 0.717) is 12.3 Å². The molecule has 0 saturated heterocycles. The fourth-order valence-electron chi connectivity index (χ4n) is 2.05. The summed E-state index contributed by atoms with van der Waals surface area (Å²) in [5.74, 6) is 0.371. The second-order valence-electron chi connectivity index (χ2n) is 5.26. The third-order valence-corrected chi connectivity index (χ3v) is 6.00. The average molecular weight is 334 g/mol. The zero-order valence-electron chi connectivity index (χ0n) is 12.4. The van der Waals surface area contributed by atoms with Gasteiger partial charge in [-0.05, 0) is 31.4 Å². The van der Waals surface area contributed by atoms with E-state index in [9.17, 15) is 16.8 Å². The maximum Gasteiger partial charge on any atom is 0.242 e. The van der Waals surface area contributed by atoms with Crippen LogP contribution in [0.15, 0.2) is 34.1 Å². The minimum atomic E-state index is -4.10. The minimum Gasteiger partial charge on any atom is -0.225 e. The molecule has 0 radical (unpaired) electrons. The second-order valence-corrected chi connectivity index (χ2v) is 8.48. The Morgan fingerprint density at radius 3 is 2.10 bits per heavy atom. The van der Waals surface area contributed by atoms with Crippen molar-refractivity contribution in [1.29, 1.82) is 0 Å². The van der Waals surface area contributed by atoms with Crippen molar-refractivity contribution in [3.05, 3.63) is 24.3 Å². The van der Waals surface area contributed by atoms with Crippen molar-refractivity contribution in [3.8, 4) is 0 Å². The average Bonchev–Trinajstić information content (AvgIpc) is 2.36. The molecule has 120 valence electrons. The highest BCUT2D eigenvalue weighted by Gasteiger charge is 2.25. The van der Waals surface area contributed by atoms with E-state index in [2.05, 4.69) is 4.72 Å². The van der Waals surface area contributed by atoms with Crippen LogP contribution in [-0.4, -0.2) is 22.9 Å². The lowest BCUT2D eigenvalue weighted by atomic mass is 10.0. The zero-order valence-corrected chi connectivity index (χ0v) is 14.0. The predicted octanol–water partition coefficient (Wildman–Crippen LogP) is 1.44. The first kappa shape index (κ1) is 18.1. The van der Waals surface area contributed by atoms with E-state index >= 15 is 0 Å². The van der Waals surface area contributed by atoms with Gasteiger partial charge in [0, 0.05) is 6.04 Å². The van der Waals surface area contributed by atoms with E-state index in [0.717, 1.165) is 6.42 Å². The van der Waals surface area contributed by atoms with Crippen molar-refractivity contribution in [2.24, 2.45) is 11.1 Å². The van der Waals surface area contributed by atoms with Crippen LogP contribution in [0.2, 0.25) is 0 Å². The lowest BCUT2D eigenvalue weighted by molar-refractivity contribution is 0.445. The Balaban J connectivity index is 3.10. The first-order valence-corrected chi connectivity index (χ1v) is 9.75. The fourth-order valence-corrected chi connectivity index (χ4v) is 4.69. The molecule has 8 heteroatoms. The van der Waals surface area contributed by atoms with Gasteiger partial charge in [-0.1, -0.05) is 32.4 Å². The van der Waals surface area contributed by atoms with Gasteiger partial charge in [0.25, 0.3) is 0 Å². The van der Waals surface area contributed by atoms with Crippen LogP contribution in [0.5, 0.6) is 0 Å². The van der Waals surface area contributed by atoms with Crippen LogP contribution in [0.1, 0.15) is 33.6 Å². The van der Waals surface area contributed by atoms with Crippen molar-refractivity contribution in [2.75, 3.05) is 0 Å². The summed E-state index contributed by atoms with van der Waals surface area (Å²) < 4.78 is 50.2. The summed E-state index contributed by atoms with van der Waals surface area (Å²) >= 11 is 0. The Bertz CT molecular complexity index is 684. The quantitative estimate of drug-likeness (QED) is 0.786. The Labute approximate surface area is 126 Å². The number of primary sulfonamides is 1. The third-order valence-electron chi connectivity index (χ3n) is 3.25. The summed E-state index contributed by atoms with van der Waals surface area (Å²) in [5.41, 5.74) is 0. The first-order valence-electron chi connectivity index (χ1n) is 6.72. The molecule has 1 aromatic rings. The number of hydrogen-bond acceptors (Lipinski definition) is 4. The van der Waals surface area contributed by atoms with E-state index in [1.165, 1.54) is 24.3 Å². The Morgan fingerprint density at radius 1 is 1.10 bits per heavy atom. The number of nitrogens with one attached hydrogen (secondary N) is 1. The Morgan fingerprint density at radius 2 is 1.62 bits per heavy atom. The van der Waals surface area contributed by atoms with Gasteiger partial charge in [-0.25, -0.2) is 26.7 Å². The maximum absolute atomic E-state index is 12.3. The van der Waals surface area contributed by atoms with Crippen LogP contribution < -0.4 is 9.86 Å². The van der Waals surface area contributed by atoms with Crippen molar-refractivity contribution in [2.45, 2.75) is 49.4 Å². The van der Waals surface area contributed by atoms with Gasteiger partial charge in [0.2, 0.25) is 20.0 Å². The summed E-state index contributed by atoms with van der Waals surface area (Å²) in [6.45, 7) is 5.81. The molecule has 21 heavy (non-hydrogen) atoms. The summed E-state index contributed by atoms with van der Waals surface area (Å²) in [5, 5.41) is 5.07. The van der Waals surface area contributed by atoms with E-state index < -0.39 is 24.9 Å². The van der Waals surface area contributed by atoms with E-state index in [4.69, 9.17) is 5.14 Å². The molecule has 0 aliphatic carbocycles. The van der Waals surface area contributed by atoms with Gasteiger partial charge in [0.05, 0.1) is 0 Å². The van der Waals surface area contributed by atoms with Gasteiger partial charge in [-0.2, -0.15) is 0 Å². The fraction of sp³-hybridized carbons (Fsp3) is 0.538. The van der Waals surface area contributed by atoms with Crippen molar-refractivity contribution in [3.63, 3.8) is 0 Å². The molecule has 6 nitrogen and oxygen atoms in total. The van der Waals surface area contributed by atoms with Gasteiger partial charge in [-0.15, -0.1) is 0 Å². The third kappa shape index (κ3) is 5.06. The summed E-state index contributed by atoms with van der Waals surface area (Å²) in [6, 6.07) is 5.02. The molecule has 0 fully saturated rings. The highest BCUT2D eigenvalue weighted by Crippen LogP contribution is 2.20. The molecule has 0 heterocycles. The lowest BCUT2D eigenvalue weighted by Gasteiger charge is -2.18. The normalized spacial score (nSPS) is 15.6.